The fourth-order valence-electron chi connectivity index (χ4n) is 6.81. The number of aromatic nitrogens is 3. The van der Waals surface area contributed by atoms with E-state index in [1.807, 2.05) is 38.4 Å². The average molecular weight is 688 g/mol. The zero-order valence-electron chi connectivity index (χ0n) is 26.6. The molecule has 2 aliphatic heterocycles. The van der Waals surface area contributed by atoms with Gasteiger partial charge in [-0.3, -0.25) is 14.3 Å². The SMILES string of the molecule is CN(C)C1CCN(C(=O)[C@@H](Cc2cc(Cl)c(N)c(C(F)(F)F)c2)OC(=O)N2CCC(n3c(=O)[nH]c4c5ccccc5ncc43)CC2)CC1. The van der Waals surface area contributed by atoms with Crippen LogP contribution in [0.4, 0.5) is 23.7 Å². The first-order valence-corrected chi connectivity index (χ1v) is 16.2. The number of H-pyrrole nitrogens is 1. The molecular formula is C33H37ClF3N7O4. The number of imidazole rings is 1. The number of nitrogen functional groups attached to an aromatic ring is 1. The Hall–Kier alpha value is -4.30. The predicted octanol–water partition coefficient (Wildman–Crippen LogP) is 5.07. The van der Waals surface area contributed by atoms with Crippen LogP contribution in [-0.2, 0) is 22.1 Å². The van der Waals surface area contributed by atoms with E-state index in [2.05, 4.69) is 14.9 Å². The van der Waals surface area contributed by atoms with E-state index in [9.17, 15) is 27.6 Å². The molecule has 3 N–H and O–H groups in total. The number of amides is 2. The van der Waals surface area contributed by atoms with Crippen molar-refractivity contribution in [2.75, 3.05) is 46.0 Å². The van der Waals surface area contributed by atoms with Crippen molar-refractivity contribution in [2.45, 2.75) is 56.5 Å². The molecule has 4 heterocycles. The van der Waals surface area contributed by atoms with Crippen molar-refractivity contribution in [1.82, 2.24) is 29.2 Å². The molecule has 0 spiro atoms. The molecule has 2 aromatic heterocycles. The lowest BCUT2D eigenvalue weighted by atomic mass is 10.00. The molecule has 2 fully saturated rings. The second-order valence-electron chi connectivity index (χ2n) is 12.7. The maximum absolute atomic E-state index is 13.8. The highest BCUT2D eigenvalue weighted by atomic mass is 35.5. The topological polar surface area (TPSA) is 130 Å². The number of nitrogens with zero attached hydrogens (tertiary/aromatic N) is 5. The summed E-state index contributed by atoms with van der Waals surface area (Å²) in [5, 5.41) is 0.528. The number of nitrogens with two attached hydrogens (primary N) is 1. The molecule has 0 unspecified atom stereocenters. The third kappa shape index (κ3) is 6.68. The van der Waals surface area contributed by atoms with E-state index in [0.29, 0.717) is 49.8 Å². The third-order valence-corrected chi connectivity index (χ3v) is 9.81. The molecule has 48 heavy (non-hydrogen) atoms. The number of ether oxygens (including phenoxy) is 1. The Bertz CT molecular complexity index is 1890. The highest BCUT2D eigenvalue weighted by Gasteiger charge is 2.37. The van der Waals surface area contributed by atoms with Crippen LogP contribution in [0.25, 0.3) is 21.9 Å². The first-order valence-electron chi connectivity index (χ1n) is 15.9. The number of anilines is 1. The van der Waals surface area contributed by atoms with Crippen molar-refractivity contribution in [3.8, 4) is 0 Å². The van der Waals surface area contributed by atoms with Gasteiger partial charge in [0.1, 0.15) is 0 Å². The summed E-state index contributed by atoms with van der Waals surface area (Å²) >= 11 is 6.07. The lowest BCUT2D eigenvalue weighted by molar-refractivity contribution is -0.142. The molecule has 6 rings (SSSR count). The smallest absolute Gasteiger partial charge is 0.418 e. The molecule has 2 saturated heterocycles. The van der Waals surface area contributed by atoms with Crippen molar-refractivity contribution in [2.24, 2.45) is 0 Å². The summed E-state index contributed by atoms with van der Waals surface area (Å²) in [6, 6.07) is 9.69. The monoisotopic (exact) mass is 687 g/mol. The van der Waals surface area contributed by atoms with Crippen LogP contribution in [0.15, 0.2) is 47.4 Å². The Morgan fingerprint density at radius 1 is 1.08 bits per heavy atom. The molecule has 0 saturated carbocycles. The standard InChI is InChI=1S/C33H37ClF3N7O4/c1-41(2)20-7-11-42(12-8-20)30(45)27(17-19-15-23(33(35,36)37)28(38)24(34)16-19)48-32(47)43-13-9-21(10-14-43)44-26-18-39-25-6-4-3-5-22(25)29(26)40-31(44)46/h3-6,15-16,18,20-21,27H,7-14,17,38H2,1-2H3,(H,40,46)/t27-/m1/s1. The zero-order valence-corrected chi connectivity index (χ0v) is 27.4. The molecule has 4 aromatic rings. The van der Waals surface area contributed by atoms with Crippen molar-refractivity contribution >= 4 is 51.2 Å². The summed E-state index contributed by atoms with van der Waals surface area (Å²) < 4.78 is 48.6. The van der Waals surface area contributed by atoms with Crippen LogP contribution < -0.4 is 11.4 Å². The van der Waals surface area contributed by atoms with Gasteiger partial charge in [-0.05, 0) is 63.5 Å². The largest absolute Gasteiger partial charge is 0.436 e. The Morgan fingerprint density at radius 3 is 2.42 bits per heavy atom. The van der Waals surface area contributed by atoms with Gasteiger partial charge in [0.15, 0.2) is 6.10 Å². The van der Waals surface area contributed by atoms with Gasteiger partial charge in [-0.15, -0.1) is 0 Å². The number of hydrogen-bond acceptors (Lipinski definition) is 7. The Labute approximate surface area is 279 Å². The summed E-state index contributed by atoms with van der Waals surface area (Å²) in [5.74, 6) is -0.484. The molecule has 2 amide bonds. The highest BCUT2D eigenvalue weighted by Crippen LogP contribution is 2.38. The van der Waals surface area contributed by atoms with Gasteiger partial charge < -0.3 is 30.2 Å². The summed E-state index contributed by atoms with van der Waals surface area (Å²) in [6.45, 7) is 1.32. The fraction of sp³-hybridized carbons (Fsp3) is 0.455. The number of benzene rings is 2. The van der Waals surface area contributed by atoms with Gasteiger partial charge in [0.05, 0.1) is 39.0 Å². The van der Waals surface area contributed by atoms with E-state index >= 15 is 0 Å². The van der Waals surface area contributed by atoms with Crippen molar-refractivity contribution in [1.29, 1.82) is 0 Å². The van der Waals surface area contributed by atoms with Crippen LogP contribution in [-0.4, -0.2) is 93.7 Å². The molecular weight excluding hydrogens is 651 g/mol. The van der Waals surface area contributed by atoms with E-state index in [1.165, 1.54) is 11.0 Å². The quantitative estimate of drug-likeness (QED) is 0.271. The minimum absolute atomic E-state index is 0.0643. The number of carbonyl (C=O) groups is 2. The minimum Gasteiger partial charge on any atom is -0.436 e. The summed E-state index contributed by atoms with van der Waals surface area (Å²) in [6.07, 6.45) is -3.27. The van der Waals surface area contributed by atoms with Crippen LogP contribution in [0, 0.1) is 0 Å². The number of piperidine rings is 2. The van der Waals surface area contributed by atoms with Crippen LogP contribution >= 0.6 is 11.6 Å². The number of nitrogens with one attached hydrogen (secondary N) is 1. The number of para-hydroxylation sites is 1. The molecule has 1 atom stereocenters. The molecule has 11 nitrogen and oxygen atoms in total. The van der Waals surface area contributed by atoms with E-state index in [4.69, 9.17) is 22.1 Å². The van der Waals surface area contributed by atoms with Crippen molar-refractivity contribution in [3.63, 3.8) is 0 Å². The molecule has 0 radical (unpaired) electrons. The Kier molecular flexibility index (Phi) is 9.31. The molecule has 2 aliphatic rings. The molecule has 15 heteroatoms. The van der Waals surface area contributed by atoms with Gasteiger partial charge in [-0.1, -0.05) is 29.8 Å². The lowest BCUT2D eigenvalue weighted by Crippen LogP contribution is -2.50. The Balaban J connectivity index is 1.19. The maximum Gasteiger partial charge on any atom is 0.418 e. The summed E-state index contributed by atoms with van der Waals surface area (Å²) in [5.41, 5.74) is 5.81. The highest BCUT2D eigenvalue weighted by molar-refractivity contribution is 6.33. The van der Waals surface area contributed by atoms with E-state index in [1.54, 1.807) is 15.7 Å². The number of rotatable bonds is 6. The van der Waals surface area contributed by atoms with E-state index in [-0.39, 0.29) is 47.9 Å². The van der Waals surface area contributed by atoms with Gasteiger partial charge in [0, 0.05) is 50.1 Å². The first kappa shape index (κ1) is 33.6. The number of aromatic amines is 1. The Morgan fingerprint density at radius 2 is 1.75 bits per heavy atom. The van der Waals surface area contributed by atoms with Crippen LogP contribution in [0.1, 0.15) is 42.9 Å². The molecule has 0 bridgehead atoms. The third-order valence-electron chi connectivity index (χ3n) is 9.49. The summed E-state index contributed by atoms with van der Waals surface area (Å²) in [4.78, 5) is 53.0. The molecule has 256 valence electrons. The number of carbonyl (C=O) groups excluding carboxylic acids is 2. The van der Waals surface area contributed by atoms with Gasteiger partial charge >= 0.3 is 18.0 Å². The second-order valence-corrected chi connectivity index (χ2v) is 13.1. The number of pyridine rings is 1. The number of halogens is 4. The predicted molar refractivity (Wildman–Crippen MR) is 176 cm³/mol. The van der Waals surface area contributed by atoms with Crippen molar-refractivity contribution in [3.05, 3.63) is 69.2 Å². The zero-order chi connectivity index (χ0) is 34.3. The van der Waals surface area contributed by atoms with Crippen LogP contribution in [0.5, 0.6) is 0 Å². The van der Waals surface area contributed by atoms with Gasteiger partial charge in [-0.2, -0.15) is 13.2 Å². The number of fused-ring (bicyclic) bond motifs is 3. The lowest BCUT2D eigenvalue weighted by Gasteiger charge is -2.37. The van der Waals surface area contributed by atoms with Crippen LogP contribution in [0.3, 0.4) is 0 Å². The number of hydrogen-bond donors (Lipinski definition) is 2. The van der Waals surface area contributed by atoms with Gasteiger partial charge in [0.2, 0.25) is 0 Å². The number of alkyl halides is 3. The molecule has 0 aliphatic carbocycles. The van der Waals surface area contributed by atoms with Crippen LogP contribution in [0.2, 0.25) is 5.02 Å². The van der Waals surface area contributed by atoms with Crippen molar-refractivity contribution < 1.29 is 27.5 Å². The van der Waals surface area contributed by atoms with Gasteiger partial charge in [0.25, 0.3) is 5.91 Å². The fourth-order valence-corrected chi connectivity index (χ4v) is 7.05. The maximum atomic E-state index is 13.8. The number of likely N-dealkylation sites (tertiary alicyclic amines) is 2. The van der Waals surface area contributed by atoms with E-state index < -0.39 is 35.5 Å². The summed E-state index contributed by atoms with van der Waals surface area (Å²) in [7, 11) is 3.93. The second kappa shape index (κ2) is 13.3. The normalized spacial score (nSPS) is 17.4. The first-order chi connectivity index (χ1) is 22.8. The van der Waals surface area contributed by atoms with E-state index in [0.717, 1.165) is 17.0 Å². The van der Waals surface area contributed by atoms with Gasteiger partial charge in [-0.25, -0.2) is 9.59 Å². The molecule has 2 aromatic carbocycles. The average Bonchev–Trinajstić information content (AvgIpc) is 3.41. The minimum atomic E-state index is -4.77.